The molecule has 176 valence electrons. The molecule has 0 aromatic heterocycles. The molecule has 6 rings (SSSR count). The average molecular weight is 497 g/mol. The van der Waals surface area contributed by atoms with Crippen molar-refractivity contribution >= 4 is 48.8 Å². The van der Waals surface area contributed by atoms with Crippen LogP contribution in [-0.2, 0) is 0 Å². The van der Waals surface area contributed by atoms with E-state index >= 15 is 0 Å². The van der Waals surface area contributed by atoms with Crippen LogP contribution in [0.4, 0.5) is 0 Å². The third-order valence-electron chi connectivity index (χ3n) is 11.0. The van der Waals surface area contributed by atoms with Gasteiger partial charge in [-0.1, -0.05) is 0 Å². The topological polar surface area (TPSA) is 0 Å². The van der Waals surface area contributed by atoms with Gasteiger partial charge in [-0.25, -0.2) is 0 Å². The van der Waals surface area contributed by atoms with E-state index in [1.807, 2.05) is 0 Å². The van der Waals surface area contributed by atoms with Crippen molar-refractivity contribution in [2.45, 2.75) is 92.8 Å². The van der Waals surface area contributed by atoms with Crippen LogP contribution in [0.15, 0.2) is 0 Å². The number of hydrogen-bond donors (Lipinski definition) is 2. The highest BCUT2D eigenvalue weighted by Crippen LogP contribution is 2.56. The molecule has 11 unspecified atom stereocenters. The van der Waals surface area contributed by atoms with E-state index < -0.39 is 0 Å². The minimum Gasteiger partial charge on any atom is -0.176 e. The molecule has 31 heavy (non-hydrogen) atoms. The fourth-order valence-corrected chi connectivity index (χ4v) is 13.1. The standard InChI is InChI=1S/C27H44S4/c28-25-13-19-10-22(25)7-16(19)1-4-30-5-2-17-9-24-12-21(17)15-27(24)31-6-3-18-8-23-11-20(18)14-26(23)29/h16-29H,1-15H2/t16?,17-,18?,19?,20?,21?,22?,23?,24?,25?,26?,27?/m1/s1. The molecule has 0 amide bonds. The molecule has 0 radical (unpaired) electrons. The Morgan fingerprint density at radius 3 is 1.42 bits per heavy atom. The molecule has 0 aromatic carbocycles. The molecule has 6 bridgehead atoms. The summed E-state index contributed by atoms with van der Waals surface area (Å²) >= 11 is 14.3. The molecule has 6 aliphatic carbocycles. The summed E-state index contributed by atoms with van der Waals surface area (Å²) in [6, 6.07) is 0. The molecule has 4 heteroatoms. The van der Waals surface area contributed by atoms with Crippen LogP contribution in [0.3, 0.4) is 0 Å². The predicted molar refractivity (Wildman–Crippen MR) is 146 cm³/mol. The summed E-state index contributed by atoms with van der Waals surface area (Å²) in [7, 11) is 0. The monoisotopic (exact) mass is 496 g/mol. The Morgan fingerprint density at radius 2 is 0.968 bits per heavy atom. The maximum Gasteiger partial charge on any atom is 0.00782 e. The first-order chi connectivity index (χ1) is 15.1. The first-order valence-corrected chi connectivity index (χ1v) is 16.9. The fourth-order valence-electron chi connectivity index (χ4n) is 9.28. The van der Waals surface area contributed by atoms with Gasteiger partial charge in [0.15, 0.2) is 0 Å². The van der Waals surface area contributed by atoms with Crippen molar-refractivity contribution in [3.8, 4) is 0 Å². The second-order valence-electron chi connectivity index (χ2n) is 12.5. The second kappa shape index (κ2) is 9.81. The molecular formula is C27H44S4. The van der Waals surface area contributed by atoms with E-state index in [-0.39, 0.29) is 0 Å². The van der Waals surface area contributed by atoms with Gasteiger partial charge < -0.3 is 0 Å². The zero-order valence-corrected chi connectivity index (χ0v) is 22.7. The highest BCUT2D eigenvalue weighted by Gasteiger charge is 2.47. The zero-order chi connectivity index (χ0) is 20.9. The second-order valence-corrected chi connectivity index (χ2v) is 16.4. The van der Waals surface area contributed by atoms with Gasteiger partial charge in [-0.15, -0.1) is 0 Å². The van der Waals surface area contributed by atoms with Crippen LogP contribution in [0.1, 0.15) is 77.0 Å². The molecule has 0 aromatic rings. The number of thioether (sulfide) groups is 2. The molecular weight excluding hydrogens is 453 g/mol. The quantitative estimate of drug-likeness (QED) is 0.235. The van der Waals surface area contributed by atoms with Crippen LogP contribution >= 0.6 is 48.8 Å². The van der Waals surface area contributed by atoms with Crippen LogP contribution in [0.5, 0.6) is 0 Å². The third kappa shape index (κ3) is 4.77. The normalized spacial score (nSPS) is 52.1. The van der Waals surface area contributed by atoms with Crippen molar-refractivity contribution in [2.24, 2.45) is 53.3 Å². The first-order valence-electron chi connectivity index (χ1n) is 13.7. The Labute approximate surface area is 211 Å². The molecule has 6 saturated carbocycles. The van der Waals surface area contributed by atoms with E-state index in [9.17, 15) is 0 Å². The van der Waals surface area contributed by atoms with Gasteiger partial charge in [0.05, 0.1) is 0 Å². The summed E-state index contributed by atoms with van der Waals surface area (Å²) in [5.74, 6) is 13.7. The van der Waals surface area contributed by atoms with Gasteiger partial charge in [0.2, 0.25) is 0 Å². The van der Waals surface area contributed by atoms with E-state index in [2.05, 4.69) is 23.5 Å². The Bertz CT molecular complexity index is 620. The van der Waals surface area contributed by atoms with Gasteiger partial charge in [-0.3, -0.25) is 0 Å². The zero-order valence-electron chi connectivity index (χ0n) is 19.2. The third-order valence-corrected chi connectivity index (χ3v) is 14.7. The summed E-state index contributed by atoms with van der Waals surface area (Å²) in [4.78, 5) is 0. The van der Waals surface area contributed by atoms with Gasteiger partial charge in [0.25, 0.3) is 0 Å². The molecule has 12 atom stereocenters. The van der Waals surface area contributed by atoms with Crippen molar-refractivity contribution < 1.29 is 0 Å². The van der Waals surface area contributed by atoms with E-state index in [0.29, 0.717) is 0 Å². The highest BCUT2D eigenvalue weighted by molar-refractivity contribution is 8.00. The summed E-state index contributed by atoms with van der Waals surface area (Å²) in [5.41, 5.74) is 0. The van der Waals surface area contributed by atoms with E-state index in [4.69, 9.17) is 25.3 Å². The highest BCUT2D eigenvalue weighted by atomic mass is 32.2. The smallest absolute Gasteiger partial charge is 0.00782 e. The minimum atomic E-state index is 0.743. The largest absolute Gasteiger partial charge is 0.176 e. The van der Waals surface area contributed by atoms with E-state index in [1.54, 1.807) is 19.3 Å². The maximum absolute atomic E-state index is 4.80. The van der Waals surface area contributed by atoms with Crippen LogP contribution in [0.2, 0.25) is 0 Å². The summed E-state index contributed by atoms with van der Waals surface area (Å²) in [6.07, 6.45) is 18.1. The van der Waals surface area contributed by atoms with Gasteiger partial charge in [0, 0.05) is 15.7 Å². The number of hydrogen-bond acceptors (Lipinski definition) is 4. The lowest BCUT2D eigenvalue weighted by Gasteiger charge is -2.29. The molecule has 6 aliphatic rings. The molecule has 0 heterocycles. The van der Waals surface area contributed by atoms with Crippen molar-refractivity contribution in [2.75, 3.05) is 17.3 Å². The molecule has 0 spiro atoms. The predicted octanol–water partition coefficient (Wildman–Crippen LogP) is 7.73. The van der Waals surface area contributed by atoms with Gasteiger partial charge >= 0.3 is 0 Å². The summed E-state index contributed by atoms with van der Waals surface area (Å²) in [6.45, 7) is 0. The van der Waals surface area contributed by atoms with Crippen LogP contribution in [0, 0.1) is 53.3 Å². The van der Waals surface area contributed by atoms with Crippen molar-refractivity contribution in [1.82, 2.24) is 0 Å². The van der Waals surface area contributed by atoms with Gasteiger partial charge in [0.1, 0.15) is 0 Å². The minimum absolute atomic E-state index is 0.743. The maximum atomic E-state index is 4.80. The Hall–Kier alpha value is 1.40. The lowest BCUT2D eigenvalue weighted by Crippen LogP contribution is -2.22. The van der Waals surface area contributed by atoms with Crippen molar-refractivity contribution in [3.63, 3.8) is 0 Å². The number of fused-ring (bicyclic) bond motifs is 6. The summed E-state index contributed by atoms with van der Waals surface area (Å²) < 4.78 is 0. The van der Waals surface area contributed by atoms with E-state index in [0.717, 1.165) is 69.0 Å². The molecule has 0 nitrogen and oxygen atoms in total. The molecule has 6 fully saturated rings. The average Bonchev–Trinajstić information content (AvgIpc) is 3.56. The SMILES string of the molecule is SC1CC2CC1CC2CCSCC[C@@H]1CC2CC1CC2SCCC1CC2CC1CC2S. The molecule has 0 aliphatic heterocycles. The lowest BCUT2D eigenvalue weighted by molar-refractivity contribution is 0.327. The number of thiol groups is 2. The Kier molecular flexibility index (Phi) is 7.22. The van der Waals surface area contributed by atoms with Crippen LogP contribution in [0.25, 0.3) is 0 Å². The summed E-state index contributed by atoms with van der Waals surface area (Å²) in [5, 5.41) is 2.51. The van der Waals surface area contributed by atoms with Gasteiger partial charge in [-0.05, 0) is 148 Å². The number of rotatable bonds is 10. The van der Waals surface area contributed by atoms with Gasteiger partial charge in [-0.2, -0.15) is 48.8 Å². The molecule has 0 saturated heterocycles. The Morgan fingerprint density at radius 1 is 0.484 bits per heavy atom. The first kappa shape index (κ1) is 22.8. The Balaban J connectivity index is 0.833. The van der Waals surface area contributed by atoms with E-state index in [1.165, 1.54) is 75.0 Å². The lowest BCUT2D eigenvalue weighted by atomic mass is 9.86. The van der Waals surface area contributed by atoms with Crippen LogP contribution in [-0.4, -0.2) is 33.0 Å². The molecule has 0 N–H and O–H groups in total. The van der Waals surface area contributed by atoms with Crippen LogP contribution < -0.4 is 0 Å². The fraction of sp³-hybridized carbons (Fsp3) is 1.00. The van der Waals surface area contributed by atoms with Crippen molar-refractivity contribution in [3.05, 3.63) is 0 Å². The van der Waals surface area contributed by atoms with Crippen molar-refractivity contribution in [1.29, 1.82) is 0 Å².